The fraction of sp³-hybridized carbons (Fsp3) is 0.294. The summed E-state index contributed by atoms with van der Waals surface area (Å²) < 4.78 is 11.4. The summed E-state index contributed by atoms with van der Waals surface area (Å²) in [5, 5.41) is 3.97. The molecule has 0 unspecified atom stereocenters. The van der Waals surface area contributed by atoms with Crippen LogP contribution in [0.4, 0.5) is 0 Å². The molecule has 2 rings (SSSR count). The Morgan fingerprint density at radius 2 is 1.81 bits per heavy atom. The topological polar surface area (TPSA) is 30.5 Å². The molecule has 0 radical (unpaired) electrons. The van der Waals surface area contributed by atoms with Crippen LogP contribution in [0.5, 0.6) is 11.5 Å². The van der Waals surface area contributed by atoms with Gasteiger partial charge in [-0.1, -0.05) is 42.8 Å². The highest BCUT2D eigenvalue weighted by atomic mass is 35.5. The molecular formula is C17H20ClNO2. The van der Waals surface area contributed by atoms with Crippen LogP contribution in [0.3, 0.4) is 0 Å². The highest BCUT2D eigenvalue weighted by Gasteiger charge is 2.02. The Morgan fingerprint density at radius 3 is 2.62 bits per heavy atom. The van der Waals surface area contributed by atoms with E-state index in [1.165, 1.54) is 0 Å². The first-order valence-corrected chi connectivity index (χ1v) is 7.47. The average Bonchev–Trinajstić information content (AvgIpc) is 2.50. The first-order chi connectivity index (χ1) is 10.3. The molecule has 3 nitrogen and oxygen atoms in total. The van der Waals surface area contributed by atoms with E-state index in [2.05, 4.69) is 18.3 Å². The third-order valence-corrected chi connectivity index (χ3v) is 3.18. The zero-order valence-corrected chi connectivity index (χ0v) is 12.9. The molecule has 0 saturated carbocycles. The summed E-state index contributed by atoms with van der Waals surface area (Å²) in [6.07, 6.45) is 0. The van der Waals surface area contributed by atoms with Gasteiger partial charge in [0.25, 0.3) is 0 Å². The zero-order valence-electron chi connectivity index (χ0n) is 12.1. The number of hydrogen-bond acceptors (Lipinski definition) is 3. The largest absolute Gasteiger partial charge is 0.490 e. The molecule has 0 aliphatic heterocycles. The molecule has 0 aliphatic rings. The summed E-state index contributed by atoms with van der Waals surface area (Å²) in [7, 11) is 0. The molecule has 0 bridgehead atoms. The van der Waals surface area contributed by atoms with Gasteiger partial charge in [0, 0.05) is 17.1 Å². The van der Waals surface area contributed by atoms with Crippen molar-refractivity contribution in [2.75, 3.05) is 19.8 Å². The SMILES string of the molecule is CCNCc1ccccc1OCCOc1cccc(Cl)c1. The van der Waals surface area contributed by atoms with Crippen LogP contribution in [0.15, 0.2) is 48.5 Å². The highest BCUT2D eigenvalue weighted by Crippen LogP contribution is 2.19. The third-order valence-electron chi connectivity index (χ3n) is 2.94. The van der Waals surface area contributed by atoms with Gasteiger partial charge in [-0.05, 0) is 30.8 Å². The second kappa shape index (κ2) is 8.55. The number of para-hydroxylation sites is 1. The van der Waals surface area contributed by atoms with E-state index in [4.69, 9.17) is 21.1 Å². The molecule has 21 heavy (non-hydrogen) atoms. The monoisotopic (exact) mass is 305 g/mol. The van der Waals surface area contributed by atoms with E-state index in [1.807, 2.05) is 36.4 Å². The van der Waals surface area contributed by atoms with Crippen molar-refractivity contribution < 1.29 is 9.47 Å². The summed E-state index contributed by atoms with van der Waals surface area (Å²) >= 11 is 5.90. The van der Waals surface area contributed by atoms with Gasteiger partial charge < -0.3 is 14.8 Å². The smallest absolute Gasteiger partial charge is 0.123 e. The second-order valence-corrected chi connectivity index (χ2v) is 4.98. The Morgan fingerprint density at radius 1 is 1.00 bits per heavy atom. The van der Waals surface area contributed by atoms with E-state index in [-0.39, 0.29) is 0 Å². The Hall–Kier alpha value is -1.71. The number of rotatable bonds is 8. The van der Waals surface area contributed by atoms with Crippen molar-refractivity contribution in [1.29, 1.82) is 0 Å². The van der Waals surface area contributed by atoms with Crippen LogP contribution >= 0.6 is 11.6 Å². The van der Waals surface area contributed by atoms with Crippen LogP contribution in [0.25, 0.3) is 0 Å². The lowest BCUT2D eigenvalue weighted by Gasteiger charge is -2.12. The lowest BCUT2D eigenvalue weighted by molar-refractivity contribution is 0.215. The lowest BCUT2D eigenvalue weighted by Crippen LogP contribution is -2.14. The third kappa shape index (κ3) is 5.29. The van der Waals surface area contributed by atoms with Crippen LogP contribution in [0, 0.1) is 0 Å². The van der Waals surface area contributed by atoms with Gasteiger partial charge in [-0.3, -0.25) is 0 Å². The van der Waals surface area contributed by atoms with Crippen molar-refractivity contribution in [2.24, 2.45) is 0 Å². The molecule has 112 valence electrons. The predicted octanol–water partition coefficient (Wildman–Crippen LogP) is 3.91. The molecule has 0 atom stereocenters. The quantitative estimate of drug-likeness (QED) is 0.750. The number of ether oxygens (including phenoxy) is 2. The van der Waals surface area contributed by atoms with E-state index in [0.29, 0.717) is 18.2 Å². The number of nitrogens with one attached hydrogen (secondary N) is 1. The zero-order chi connectivity index (χ0) is 14.9. The van der Waals surface area contributed by atoms with Gasteiger partial charge >= 0.3 is 0 Å². The normalized spacial score (nSPS) is 10.4. The van der Waals surface area contributed by atoms with E-state index < -0.39 is 0 Å². The summed E-state index contributed by atoms with van der Waals surface area (Å²) in [5.41, 5.74) is 1.15. The van der Waals surface area contributed by atoms with Gasteiger partial charge in [-0.25, -0.2) is 0 Å². The highest BCUT2D eigenvalue weighted by molar-refractivity contribution is 6.30. The minimum atomic E-state index is 0.482. The standard InChI is InChI=1S/C17H20ClNO2/c1-2-19-13-14-6-3-4-9-17(14)21-11-10-20-16-8-5-7-15(18)12-16/h3-9,12,19H,2,10-11,13H2,1H3. The van der Waals surface area contributed by atoms with Gasteiger partial charge in [0.2, 0.25) is 0 Å². The molecular weight excluding hydrogens is 286 g/mol. The summed E-state index contributed by atoms with van der Waals surface area (Å²) in [6.45, 7) is 4.81. The fourth-order valence-electron chi connectivity index (χ4n) is 1.92. The van der Waals surface area contributed by atoms with Crippen molar-refractivity contribution in [3.63, 3.8) is 0 Å². The van der Waals surface area contributed by atoms with Crippen molar-refractivity contribution in [3.05, 3.63) is 59.1 Å². The second-order valence-electron chi connectivity index (χ2n) is 4.54. The molecule has 2 aromatic carbocycles. The van der Waals surface area contributed by atoms with Gasteiger partial charge in [-0.15, -0.1) is 0 Å². The Bertz CT molecular complexity index is 560. The molecule has 4 heteroatoms. The van der Waals surface area contributed by atoms with Crippen molar-refractivity contribution in [2.45, 2.75) is 13.5 Å². The Labute approximate surface area is 130 Å². The Kier molecular flexibility index (Phi) is 6.38. The van der Waals surface area contributed by atoms with Gasteiger partial charge in [0.1, 0.15) is 24.7 Å². The summed E-state index contributed by atoms with van der Waals surface area (Å²) in [5.74, 6) is 1.65. The van der Waals surface area contributed by atoms with E-state index in [1.54, 1.807) is 6.07 Å². The van der Waals surface area contributed by atoms with Crippen LogP contribution < -0.4 is 14.8 Å². The predicted molar refractivity (Wildman–Crippen MR) is 86.3 cm³/mol. The summed E-state index contributed by atoms with van der Waals surface area (Å²) in [6, 6.07) is 15.4. The minimum absolute atomic E-state index is 0.482. The van der Waals surface area contributed by atoms with E-state index in [9.17, 15) is 0 Å². The maximum absolute atomic E-state index is 5.90. The molecule has 0 fully saturated rings. The number of benzene rings is 2. The first-order valence-electron chi connectivity index (χ1n) is 7.09. The van der Waals surface area contributed by atoms with Crippen molar-refractivity contribution in [1.82, 2.24) is 5.32 Å². The lowest BCUT2D eigenvalue weighted by atomic mass is 10.2. The van der Waals surface area contributed by atoms with Crippen LogP contribution in [0.2, 0.25) is 5.02 Å². The molecule has 0 aromatic heterocycles. The summed E-state index contributed by atoms with van der Waals surface area (Å²) in [4.78, 5) is 0. The maximum atomic E-state index is 5.90. The van der Waals surface area contributed by atoms with Crippen LogP contribution in [0.1, 0.15) is 12.5 Å². The minimum Gasteiger partial charge on any atom is -0.490 e. The Balaban J connectivity index is 1.80. The molecule has 0 aliphatic carbocycles. The average molecular weight is 306 g/mol. The first kappa shape index (κ1) is 15.7. The molecule has 0 spiro atoms. The van der Waals surface area contributed by atoms with E-state index in [0.717, 1.165) is 30.2 Å². The van der Waals surface area contributed by atoms with Crippen LogP contribution in [-0.2, 0) is 6.54 Å². The van der Waals surface area contributed by atoms with Gasteiger partial charge in [-0.2, -0.15) is 0 Å². The fourth-order valence-corrected chi connectivity index (χ4v) is 2.10. The number of halogens is 1. The number of hydrogen-bond donors (Lipinski definition) is 1. The maximum Gasteiger partial charge on any atom is 0.123 e. The molecule has 0 heterocycles. The molecule has 0 saturated heterocycles. The van der Waals surface area contributed by atoms with Gasteiger partial charge in [0.05, 0.1) is 0 Å². The molecule has 0 amide bonds. The molecule has 1 N–H and O–H groups in total. The van der Waals surface area contributed by atoms with Crippen molar-refractivity contribution in [3.8, 4) is 11.5 Å². The molecule has 2 aromatic rings. The van der Waals surface area contributed by atoms with Crippen molar-refractivity contribution >= 4 is 11.6 Å². The van der Waals surface area contributed by atoms with Crippen LogP contribution in [-0.4, -0.2) is 19.8 Å². The van der Waals surface area contributed by atoms with Gasteiger partial charge in [0.15, 0.2) is 0 Å². The van der Waals surface area contributed by atoms with E-state index >= 15 is 0 Å².